The van der Waals surface area contributed by atoms with E-state index in [1.54, 1.807) is 13.8 Å². The highest BCUT2D eigenvalue weighted by Gasteiger charge is 2.27. The van der Waals surface area contributed by atoms with Crippen LogP contribution in [-0.2, 0) is 19.2 Å². The third kappa shape index (κ3) is 7.17. The molecule has 0 aromatic carbocycles. The Bertz CT molecular complexity index is 339. The first kappa shape index (κ1) is 18.5. The molecule has 0 saturated heterocycles. The van der Waals surface area contributed by atoms with Crippen molar-refractivity contribution in [1.82, 2.24) is 5.32 Å². The van der Waals surface area contributed by atoms with Crippen molar-refractivity contribution in [3.63, 3.8) is 0 Å². The minimum absolute atomic E-state index is 0.130. The van der Waals surface area contributed by atoms with Crippen molar-refractivity contribution in [2.24, 2.45) is 0 Å². The maximum atomic E-state index is 11.8. The van der Waals surface area contributed by atoms with E-state index >= 15 is 0 Å². The number of esters is 1. The number of carbonyl (C=O) groups excluding carboxylic acids is 2. The van der Waals surface area contributed by atoms with Crippen LogP contribution < -0.4 is 5.32 Å². The van der Waals surface area contributed by atoms with Crippen LogP contribution in [0.3, 0.4) is 0 Å². The molecule has 116 valence electrons. The SMILES string of the molecule is CCOC(=O)C(CCSC)NC(=O)C(CC)O[N+](=O)[O-]. The lowest BCUT2D eigenvalue weighted by Gasteiger charge is -2.19. The number of nitrogens with one attached hydrogen (secondary N) is 1. The fourth-order valence-electron chi connectivity index (χ4n) is 1.40. The molecule has 1 amide bonds. The third-order valence-corrected chi connectivity index (χ3v) is 3.02. The van der Waals surface area contributed by atoms with E-state index in [4.69, 9.17) is 4.74 Å². The van der Waals surface area contributed by atoms with Crippen LogP contribution in [0, 0.1) is 10.1 Å². The predicted octanol–water partition coefficient (Wildman–Crippen LogP) is 0.774. The summed E-state index contributed by atoms with van der Waals surface area (Å²) < 4.78 is 4.86. The molecule has 8 nitrogen and oxygen atoms in total. The van der Waals surface area contributed by atoms with Crippen LogP contribution in [0.25, 0.3) is 0 Å². The molecule has 0 bridgehead atoms. The number of hydrogen-bond acceptors (Lipinski definition) is 7. The van der Waals surface area contributed by atoms with E-state index in [9.17, 15) is 19.7 Å². The van der Waals surface area contributed by atoms with E-state index in [1.165, 1.54) is 11.8 Å². The molecule has 2 atom stereocenters. The van der Waals surface area contributed by atoms with Crippen molar-refractivity contribution in [1.29, 1.82) is 0 Å². The summed E-state index contributed by atoms with van der Waals surface area (Å²) in [4.78, 5) is 38.1. The molecule has 0 aliphatic carbocycles. The highest BCUT2D eigenvalue weighted by Crippen LogP contribution is 2.05. The number of carbonyl (C=O) groups is 2. The molecule has 0 heterocycles. The molecule has 0 aliphatic heterocycles. The molecule has 0 radical (unpaired) electrons. The van der Waals surface area contributed by atoms with Crippen molar-refractivity contribution in [2.45, 2.75) is 38.8 Å². The van der Waals surface area contributed by atoms with Gasteiger partial charge in [-0.1, -0.05) is 6.92 Å². The smallest absolute Gasteiger partial charge is 0.328 e. The van der Waals surface area contributed by atoms with Crippen LogP contribution >= 0.6 is 11.8 Å². The Hall–Kier alpha value is -1.51. The van der Waals surface area contributed by atoms with Gasteiger partial charge in [0.1, 0.15) is 6.04 Å². The first-order valence-electron chi connectivity index (χ1n) is 6.23. The molecular weight excluding hydrogens is 288 g/mol. The fraction of sp³-hybridized carbons (Fsp3) is 0.818. The summed E-state index contributed by atoms with van der Waals surface area (Å²) in [5.41, 5.74) is 0. The Kier molecular flexibility index (Phi) is 9.52. The van der Waals surface area contributed by atoms with E-state index in [2.05, 4.69) is 10.2 Å². The van der Waals surface area contributed by atoms with E-state index in [0.717, 1.165) is 0 Å². The van der Waals surface area contributed by atoms with Crippen molar-refractivity contribution in [3.8, 4) is 0 Å². The highest BCUT2D eigenvalue weighted by molar-refractivity contribution is 7.98. The predicted molar refractivity (Wildman–Crippen MR) is 73.7 cm³/mol. The molecule has 0 aromatic rings. The van der Waals surface area contributed by atoms with Crippen LogP contribution in [0.1, 0.15) is 26.7 Å². The molecular formula is C11H20N2O6S. The zero-order valence-electron chi connectivity index (χ0n) is 11.8. The quantitative estimate of drug-likeness (QED) is 0.361. The van der Waals surface area contributed by atoms with E-state index in [-0.39, 0.29) is 13.0 Å². The van der Waals surface area contributed by atoms with Crippen LogP contribution in [0.15, 0.2) is 0 Å². The number of nitrogens with zero attached hydrogens (tertiary/aromatic N) is 1. The van der Waals surface area contributed by atoms with Gasteiger partial charge in [0, 0.05) is 0 Å². The summed E-state index contributed by atoms with van der Waals surface area (Å²) in [6.45, 7) is 3.44. The summed E-state index contributed by atoms with van der Waals surface area (Å²) >= 11 is 1.52. The number of thioether (sulfide) groups is 1. The molecule has 0 aromatic heterocycles. The topological polar surface area (TPSA) is 108 Å². The van der Waals surface area contributed by atoms with Gasteiger partial charge in [-0.05, 0) is 31.8 Å². The maximum Gasteiger partial charge on any atom is 0.328 e. The number of amides is 1. The monoisotopic (exact) mass is 308 g/mol. The normalized spacial score (nSPS) is 13.2. The molecule has 0 spiro atoms. The summed E-state index contributed by atoms with van der Waals surface area (Å²) in [5, 5.41) is 11.7. The molecule has 0 aliphatic rings. The van der Waals surface area contributed by atoms with Crippen molar-refractivity contribution in [2.75, 3.05) is 18.6 Å². The molecule has 0 fully saturated rings. The van der Waals surface area contributed by atoms with Gasteiger partial charge in [-0.2, -0.15) is 11.8 Å². The molecule has 0 saturated carbocycles. The number of ether oxygens (including phenoxy) is 1. The van der Waals surface area contributed by atoms with Gasteiger partial charge in [-0.25, -0.2) is 4.79 Å². The lowest BCUT2D eigenvalue weighted by Crippen LogP contribution is -2.47. The zero-order chi connectivity index (χ0) is 15.5. The van der Waals surface area contributed by atoms with Crippen LogP contribution in [-0.4, -0.2) is 47.7 Å². The molecule has 2 unspecified atom stereocenters. The number of hydrogen-bond donors (Lipinski definition) is 1. The molecule has 20 heavy (non-hydrogen) atoms. The summed E-state index contributed by atoms with van der Waals surface area (Å²) in [6, 6.07) is -0.820. The van der Waals surface area contributed by atoms with Gasteiger partial charge in [-0.3, -0.25) is 4.79 Å². The molecule has 9 heteroatoms. The highest BCUT2D eigenvalue weighted by atomic mass is 32.2. The largest absolute Gasteiger partial charge is 0.464 e. The Morgan fingerprint density at radius 3 is 2.50 bits per heavy atom. The standard InChI is InChI=1S/C11H20N2O6S/c1-4-9(19-13(16)17)10(14)12-8(6-7-20-3)11(15)18-5-2/h8-9H,4-7H2,1-3H3,(H,12,14). The zero-order valence-corrected chi connectivity index (χ0v) is 12.6. The van der Waals surface area contributed by atoms with Crippen molar-refractivity contribution < 1.29 is 24.3 Å². The van der Waals surface area contributed by atoms with E-state index < -0.39 is 29.1 Å². The molecule has 0 rings (SSSR count). The Labute approximate surface area is 121 Å². The molecule has 1 N–H and O–H groups in total. The second-order valence-electron chi connectivity index (χ2n) is 3.82. The van der Waals surface area contributed by atoms with Gasteiger partial charge in [0.25, 0.3) is 5.09 Å². The Morgan fingerprint density at radius 2 is 2.05 bits per heavy atom. The second-order valence-corrected chi connectivity index (χ2v) is 4.81. The summed E-state index contributed by atoms with van der Waals surface area (Å²) in [7, 11) is 0. The van der Waals surface area contributed by atoms with Crippen molar-refractivity contribution >= 4 is 23.6 Å². The second kappa shape index (κ2) is 10.3. The van der Waals surface area contributed by atoms with Gasteiger partial charge in [0.05, 0.1) is 6.61 Å². The van der Waals surface area contributed by atoms with Crippen molar-refractivity contribution in [3.05, 3.63) is 10.1 Å². The first-order valence-corrected chi connectivity index (χ1v) is 7.62. The average molecular weight is 308 g/mol. The summed E-state index contributed by atoms with van der Waals surface area (Å²) in [5.74, 6) is -0.592. The minimum atomic E-state index is -1.23. The van der Waals surface area contributed by atoms with Gasteiger partial charge < -0.3 is 14.9 Å². The lowest BCUT2D eigenvalue weighted by atomic mass is 10.2. The van der Waals surface area contributed by atoms with Gasteiger partial charge in [0.15, 0.2) is 6.10 Å². The first-order chi connectivity index (χ1) is 9.46. The van der Waals surface area contributed by atoms with E-state index in [0.29, 0.717) is 12.2 Å². The Morgan fingerprint density at radius 1 is 1.40 bits per heavy atom. The van der Waals surface area contributed by atoms with E-state index in [1.807, 2.05) is 6.26 Å². The Balaban J connectivity index is 4.63. The van der Waals surface area contributed by atoms with Crippen LogP contribution in [0.2, 0.25) is 0 Å². The van der Waals surface area contributed by atoms with Gasteiger partial charge in [-0.15, -0.1) is 10.1 Å². The maximum absolute atomic E-state index is 11.8. The third-order valence-electron chi connectivity index (χ3n) is 2.37. The average Bonchev–Trinajstić information content (AvgIpc) is 2.40. The minimum Gasteiger partial charge on any atom is -0.464 e. The van der Waals surface area contributed by atoms with Crippen LogP contribution in [0.4, 0.5) is 0 Å². The van der Waals surface area contributed by atoms with Crippen LogP contribution in [0.5, 0.6) is 0 Å². The summed E-state index contributed by atoms with van der Waals surface area (Å²) in [6.07, 6.45) is 1.16. The lowest BCUT2D eigenvalue weighted by molar-refractivity contribution is -0.764. The number of rotatable bonds is 10. The van der Waals surface area contributed by atoms with Gasteiger partial charge in [0.2, 0.25) is 5.91 Å². The fourth-order valence-corrected chi connectivity index (χ4v) is 1.88. The van der Waals surface area contributed by atoms with Gasteiger partial charge >= 0.3 is 5.97 Å².